The molecular formula is C17H18ClFO2. The van der Waals surface area contributed by atoms with Gasteiger partial charge in [-0.15, -0.1) is 11.6 Å². The zero-order chi connectivity index (χ0) is 15.5. The van der Waals surface area contributed by atoms with Crippen molar-refractivity contribution in [3.63, 3.8) is 0 Å². The SMILES string of the molecule is COc1ccc(C(O)(CCl)Cc2ccccc2C)c(F)c1. The zero-order valence-electron chi connectivity index (χ0n) is 12.1. The van der Waals surface area contributed by atoms with Crippen molar-refractivity contribution >= 4 is 11.6 Å². The fourth-order valence-electron chi connectivity index (χ4n) is 2.34. The predicted octanol–water partition coefficient (Wildman–Crippen LogP) is 3.81. The molecule has 0 saturated carbocycles. The van der Waals surface area contributed by atoms with E-state index < -0.39 is 11.4 Å². The van der Waals surface area contributed by atoms with Gasteiger partial charge in [-0.1, -0.05) is 24.3 Å². The number of benzene rings is 2. The lowest BCUT2D eigenvalue weighted by Gasteiger charge is -2.27. The third-order valence-electron chi connectivity index (χ3n) is 3.64. The largest absolute Gasteiger partial charge is 0.497 e. The van der Waals surface area contributed by atoms with E-state index in [9.17, 15) is 9.50 Å². The summed E-state index contributed by atoms with van der Waals surface area (Å²) in [5, 5.41) is 10.8. The van der Waals surface area contributed by atoms with Gasteiger partial charge in [-0.25, -0.2) is 4.39 Å². The zero-order valence-corrected chi connectivity index (χ0v) is 12.8. The van der Waals surface area contributed by atoms with E-state index in [1.54, 1.807) is 6.07 Å². The average molecular weight is 309 g/mol. The molecule has 0 heterocycles. The minimum absolute atomic E-state index is 0.0927. The number of aliphatic hydroxyl groups is 1. The fraction of sp³-hybridized carbons (Fsp3) is 0.294. The van der Waals surface area contributed by atoms with E-state index in [2.05, 4.69) is 0 Å². The molecule has 1 N–H and O–H groups in total. The van der Waals surface area contributed by atoms with Crippen LogP contribution < -0.4 is 4.74 Å². The van der Waals surface area contributed by atoms with Crippen molar-refractivity contribution in [3.05, 3.63) is 65.0 Å². The number of aryl methyl sites for hydroxylation is 1. The van der Waals surface area contributed by atoms with Gasteiger partial charge in [0.1, 0.15) is 17.2 Å². The quantitative estimate of drug-likeness (QED) is 0.851. The molecule has 112 valence electrons. The normalized spacial score (nSPS) is 13.8. The first-order valence-electron chi connectivity index (χ1n) is 6.67. The highest BCUT2D eigenvalue weighted by molar-refractivity contribution is 6.18. The maximum Gasteiger partial charge on any atom is 0.133 e. The summed E-state index contributed by atoms with van der Waals surface area (Å²) in [6.07, 6.45) is 0.256. The van der Waals surface area contributed by atoms with Crippen LogP contribution in [0.15, 0.2) is 42.5 Å². The molecule has 0 saturated heterocycles. The predicted molar refractivity (Wildman–Crippen MR) is 82.5 cm³/mol. The summed E-state index contributed by atoms with van der Waals surface area (Å²) in [5.41, 5.74) is 0.705. The lowest BCUT2D eigenvalue weighted by atomic mass is 9.87. The van der Waals surface area contributed by atoms with Gasteiger partial charge in [-0.3, -0.25) is 0 Å². The molecule has 1 unspecified atom stereocenters. The molecule has 0 aliphatic heterocycles. The van der Waals surface area contributed by atoms with E-state index in [1.807, 2.05) is 31.2 Å². The van der Waals surface area contributed by atoms with Crippen molar-refractivity contribution < 1.29 is 14.2 Å². The monoisotopic (exact) mass is 308 g/mol. The van der Waals surface area contributed by atoms with Gasteiger partial charge in [0, 0.05) is 18.1 Å². The third kappa shape index (κ3) is 3.36. The summed E-state index contributed by atoms with van der Waals surface area (Å²) >= 11 is 5.94. The molecule has 0 amide bonds. The van der Waals surface area contributed by atoms with Crippen molar-refractivity contribution in [2.24, 2.45) is 0 Å². The van der Waals surface area contributed by atoms with E-state index in [0.29, 0.717) is 5.75 Å². The molecule has 2 rings (SSSR count). The van der Waals surface area contributed by atoms with Gasteiger partial charge >= 0.3 is 0 Å². The Kier molecular flexibility index (Phi) is 4.86. The summed E-state index contributed by atoms with van der Waals surface area (Å²) in [5.74, 6) is -0.208. The Bertz CT molecular complexity index is 630. The van der Waals surface area contributed by atoms with Crippen LogP contribution in [0, 0.1) is 12.7 Å². The van der Waals surface area contributed by atoms with Crippen LogP contribution in [-0.4, -0.2) is 18.1 Å². The topological polar surface area (TPSA) is 29.5 Å². The first-order chi connectivity index (χ1) is 10.00. The molecule has 0 aromatic heterocycles. The number of hydrogen-bond acceptors (Lipinski definition) is 2. The summed E-state index contributed by atoms with van der Waals surface area (Å²) in [6, 6.07) is 12.1. The third-order valence-corrected chi connectivity index (χ3v) is 4.08. The highest BCUT2D eigenvalue weighted by Gasteiger charge is 2.32. The number of halogens is 2. The first-order valence-corrected chi connectivity index (χ1v) is 7.20. The number of methoxy groups -OCH3 is 1. The van der Waals surface area contributed by atoms with Crippen LogP contribution in [0.4, 0.5) is 4.39 Å². The van der Waals surface area contributed by atoms with E-state index in [1.165, 1.54) is 19.2 Å². The van der Waals surface area contributed by atoms with Crippen LogP contribution in [0.2, 0.25) is 0 Å². The van der Waals surface area contributed by atoms with Gasteiger partial charge in [-0.05, 0) is 30.2 Å². The Balaban J connectivity index is 2.39. The van der Waals surface area contributed by atoms with Crippen LogP contribution >= 0.6 is 11.6 Å². The van der Waals surface area contributed by atoms with Gasteiger partial charge < -0.3 is 9.84 Å². The lowest BCUT2D eigenvalue weighted by molar-refractivity contribution is 0.0573. The maximum absolute atomic E-state index is 14.2. The molecule has 2 aromatic carbocycles. The minimum atomic E-state index is -1.45. The first kappa shape index (κ1) is 15.8. The Labute approximate surface area is 129 Å². The second-order valence-electron chi connectivity index (χ2n) is 5.11. The molecule has 0 spiro atoms. The second kappa shape index (κ2) is 6.46. The number of ether oxygens (including phenoxy) is 1. The fourth-order valence-corrected chi connectivity index (χ4v) is 2.58. The Hall–Kier alpha value is -1.58. The van der Waals surface area contributed by atoms with Gasteiger partial charge in [-0.2, -0.15) is 0 Å². The summed E-state index contributed by atoms with van der Waals surface area (Å²) in [7, 11) is 1.47. The molecular weight excluding hydrogens is 291 g/mol. The molecule has 0 radical (unpaired) electrons. The van der Waals surface area contributed by atoms with E-state index in [0.717, 1.165) is 11.1 Å². The van der Waals surface area contributed by atoms with Gasteiger partial charge in [0.15, 0.2) is 0 Å². The van der Waals surface area contributed by atoms with E-state index in [4.69, 9.17) is 16.3 Å². The summed E-state index contributed by atoms with van der Waals surface area (Å²) in [6.45, 7) is 1.95. The van der Waals surface area contributed by atoms with Crippen molar-refractivity contribution in [1.82, 2.24) is 0 Å². The van der Waals surface area contributed by atoms with Crippen molar-refractivity contribution in [1.29, 1.82) is 0 Å². The van der Waals surface area contributed by atoms with Crippen molar-refractivity contribution in [3.8, 4) is 5.75 Å². The smallest absolute Gasteiger partial charge is 0.133 e. The number of rotatable bonds is 5. The highest BCUT2D eigenvalue weighted by Crippen LogP contribution is 2.32. The van der Waals surface area contributed by atoms with Gasteiger partial charge in [0.25, 0.3) is 0 Å². The van der Waals surface area contributed by atoms with Crippen molar-refractivity contribution in [2.45, 2.75) is 18.9 Å². The Morgan fingerprint density at radius 2 is 1.95 bits per heavy atom. The molecule has 2 aromatic rings. The summed E-state index contributed by atoms with van der Waals surface area (Å²) in [4.78, 5) is 0. The van der Waals surface area contributed by atoms with Gasteiger partial charge in [0.05, 0.1) is 13.0 Å². The van der Waals surface area contributed by atoms with Gasteiger partial charge in [0.2, 0.25) is 0 Å². The Morgan fingerprint density at radius 3 is 2.52 bits per heavy atom. The molecule has 0 fully saturated rings. The molecule has 0 aliphatic rings. The molecule has 0 bridgehead atoms. The molecule has 4 heteroatoms. The van der Waals surface area contributed by atoms with Crippen LogP contribution in [0.3, 0.4) is 0 Å². The second-order valence-corrected chi connectivity index (χ2v) is 5.38. The summed E-state index contributed by atoms with van der Waals surface area (Å²) < 4.78 is 19.2. The minimum Gasteiger partial charge on any atom is -0.497 e. The number of alkyl halides is 1. The van der Waals surface area contributed by atoms with Crippen LogP contribution in [0.1, 0.15) is 16.7 Å². The van der Waals surface area contributed by atoms with Crippen LogP contribution in [-0.2, 0) is 12.0 Å². The molecule has 1 atom stereocenters. The average Bonchev–Trinajstić information content (AvgIpc) is 2.49. The van der Waals surface area contributed by atoms with E-state index in [-0.39, 0.29) is 17.9 Å². The van der Waals surface area contributed by atoms with Crippen LogP contribution in [0.5, 0.6) is 5.75 Å². The molecule has 0 aliphatic carbocycles. The van der Waals surface area contributed by atoms with E-state index >= 15 is 0 Å². The standard InChI is InChI=1S/C17H18ClFO2/c1-12-5-3-4-6-13(12)10-17(20,11-18)15-8-7-14(21-2)9-16(15)19/h3-9,20H,10-11H2,1-2H3. The highest BCUT2D eigenvalue weighted by atomic mass is 35.5. The molecule has 2 nitrogen and oxygen atoms in total. The maximum atomic E-state index is 14.2. The van der Waals surface area contributed by atoms with Crippen LogP contribution in [0.25, 0.3) is 0 Å². The number of hydrogen-bond donors (Lipinski definition) is 1. The van der Waals surface area contributed by atoms with Crippen molar-refractivity contribution in [2.75, 3.05) is 13.0 Å². The lowest BCUT2D eigenvalue weighted by Crippen LogP contribution is -2.32. The molecule has 21 heavy (non-hydrogen) atoms. The Morgan fingerprint density at radius 1 is 1.24 bits per heavy atom.